The third kappa shape index (κ3) is 6.44. The van der Waals surface area contributed by atoms with Gasteiger partial charge in [0.05, 0.1) is 24.1 Å². The zero-order chi connectivity index (χ0) is 25.1. The summed E-state index contributed by atoms with van der Waals surface area (Å²) in [7, 11) is 0. The number of hydrogen-bond acceptors (Lipinski definition) is 5. The van der Waals surface area contributed by atoms with Gasteiger partial charge >= 0.3 is 0 Å². The van der Waals surface area contributed by atoms with Crippen molar-refractivity contribution < 1.29 is 9.53 Å². The highest BCUT2D eigenvalue weighted by Gasteiger charge is 2.48. The van der Waals surface area contributed by atoms with Crippen molar-refractivity contribution in [1.29, 1.82) is 5.41 Å². The summed E-state index contributed by atoms with van der Waals surface area (Å²) < 4.78 is 6.50. The molecule has 0 aromatic rings. The Morgan fingerprint density at radius 2 is 1.56 bits per heavy atom. The fourth-order valence-corrected chi connectivity index (χ4v) is 8.13. The standard InChI is InChI=1S/C29H51N5O2/c30-22-10-12-23(13-11-22)33-29(35)27-16-20-8-9-21(28(31)32)17-26(20)34(27)18-19-6-14-25(15-7-19)36-24-4-2-1-3-5-24/h19-27H,1-18,30H2,(H3,31,32)(H,33,35). The van der Waals surface area contributed by atoms with Crippen LogP contribution in [-0.2, 0) is 9.53 Å². The van der Waals surface area contributed by atoms with Crippen LogP contribution < -0.4 is 16.8 Å². The molecule has 5 fully saturated rings. The molecule has 7 nitrogen and oxygen atoms in total. The smallest absolute Gasteiger partial charge is 0.237 e. The van der Waals surface area contributed by atoms with E-state index >= 15 is 0 Å². The van der Waals surface area contributed by atoms with Crippen molar-refractivity contribution in [3.8, 4) is 0 Å². The Morgan fingerprint density at radius 3 is 2.25 bits per heavy atom. The van der Waals surface area contributed by atoms with Gasteiger partial charge in [-0.2, -0.15) is 0 Å². The van der Waals surface area contributed by atoms with Gasteiger partial charge in [-0.25, -0.2) is 0 Å². The highest BCUT2D eigenvalue weighted by atomic mass is 16.5. The third-order valence-electron chi connectivity index (χ3n) is 10.4. The molecule has 0 aromatic heterocycles. The molecule has 1 heterocycles. The molecule has 5 aliphatic rings. The lowest BCUT2D eigenvalue weighted by atomic mass is 9.77. The summed E-state index contributed by atoms with van der Waals surface area (Å²) in [5.41, 5.74) is 12.1. The van der Waals surface area contributed by atoms with Crippen LogP contribution in [0, 0.1) is 23.2 Å². The van der Waals surface area contributed by atoms with Gasteiger partial charge in [-0.3, -0.25) is 15.1 Å². The summed E-state index contributed by atoms with van der Waals surface area (Å²) in [6.45, 7) is 1.01. The Hall–Kier alpha value is -1.18. The molecule has 0 radical (unpaired) electrons. The molecule has 5 rings (SSSR count). The van der Waals surface area contributed by atoms with Crippen LogP contribution in [0.15, 0.2) is 0 Å². The normalized spacial score (nSPS) is 40.5. The van der Waals surface area contributed by atoms with Gasteiger partial charge in [0.2, 0.25) is 5.91 Å². The van der Waals surface area contributed by atoms with E-state index < -0.39 is 0 Å². The summed E-state index contributed by atoms with van der Waals surface area (Å²) in [5.74, 6) is 1.94. The molecular formula is C29H51N5O2. The van der Waals surface area contributed by atoms with Crippen molar-refractivity contribution in [1.82, 2.24) is 10.2 Å². The van der Waals surface area contributed by atoms with Crippen molar-refractivity contribution in [2.45, 2.75) is 146 Å². The van der Waals surface area contributed by atoms with Crippen LogP contribution in [0.2, 0.25) is 0 Å². The predicted octanol–water partition coefficient (Wildman–Crippen LogP) is 4.08. The molecule has 36 heavy (non-hydrogen) atoms. The first-order chi connectivity index (χ1) is 17.5. The zero-order valence-corrected chi connectivity index (χ0v) is 22.3. The number of ether oxygens (including phenoxy) is 1. The number of likely N-dealkylation sites (tertiary alicyclic amines) is 1. The van der Waals surface area contributed by atoms with Gasteiger partial charge < -0.3 is 21.5 Å². The minimum atomic E-state index is -0.0301. The first-order valence-corrected chi connectivity index (χ1v) is 15.3. The van der Waals surface area contributed by atoms with Crippen LogP contribution in [0.1, 0.15) is 109 Å². The van der Waals surface area contributed by atoms with Gasteiger partial charge in [0.25, 0.3) is 0 Å². The third-order valence-corrected chi connectivity index (χ3v) is 10.4. The zero-order valence-electron chi connectivity index (χ0n) is 22.3. The second-order valence-electron chi connectivity index (χ2n) is 12.9. The summed E-state index contributed by atoms with van der Waals surface area (Å²) in [4.78, 5) is 16.2. The first kappa shape index (κ1) is 26.4. The molecule has 1 amide bonds. The lowest BCUT2D eigenvalue weighted by Gasteiger charge is -2.40. The SMILES string of the molecule is N=C(N)C1CCC2CC(C(=O)NC3CCC(N)CC3)N(CC3CCC(OC4CCCCC4)CC3)C2C1. The van der Waals surface area contributed by atoms with Crippen LogP contribution >= 0.6 is 0 Å². The Bertz CT molecular complexity index is 740. The van der Waals surface area contributed by atoms with Crippen molar-refractivity contribution >= 4 is 11.7 Å². The van der Waals surface area contributed by atoms with Crippen LogP contribution in [0.25, 0.3) is 0 Å². The van der Waals surface area contributed by atoms with E-state index in [0.717, 1.165) is 57.9 Å². The molecular weight excluding hydrogens is 450 g/mol. The molecule has 1 aliphatic heterocycles. The molecule has 6 N–H and O–H groups in total. The van der Waals surface area contributed by atoms with E-state index in [1.807, 2.05) is 0 Å². The maximum atomic E-state index is 13.6. The van der Waals surface area contributed by atoms with Crippen molar-refractivity contribution in [3.63, 3.8) is 0 Å². The summed E-state index contributed by atoms with van der Waals surface area (Å²) in [5, 5.41) is 11.5. The maximum absolute atomic E-state index is 13.6. The van der Waals surface area contributed by atoms with E-state index in [0.29, 0.717) is 42.0 Å². The van der Waals surface area contributed by atoms with Gasteiger partial charge in [0.15, 0.2) is 0 Å². The minimum absolute atomic E-state index is 0.0301. The van der Waals surface area contributed by atoms with Crippen molar-refractivity contribution in [2.75, 3.05) is 6.54 Å². The number of nitrogens with two attached hydrogens (primary N) is 2. The molecule has 7 heteroatoms. The fourth-order valence-electron chi connectivity index (χ4n) is 8.13. The van der Waals surface area contributed by atoms with Gasteiger partial charge in [0, 0.05) is 30.6 Å². The van der Waals surface area contributed by atoms with E-state index in [-0.39, 0.29) is 23.9 Å². The lowest BCUT2D eigenvalue weighted by molar-refractivity contribution is -0.127. The van der Waals surface area contributed by atoms with Crippen molar-refractivity contribution in [2.24, 2.45) is 29.2 Å². The number of carbonyl (C=O) groups is 1. The van der Waals surface area contributed by atoms with Crippen LogP contribution in [0.3, 0.4) is 0 Å². The van der Waals surface area contributed by atoms with E-state index in [1.165, 1.54) is 57.8 Å². The molecule has 0 aromatic carbocycles. The van der Waals surface area contributed by atoms with E-state index in [2.05, 4.69) is 10.2 Å². The monoisotopic (exact) mass is 501 g/mol. The number of nitrogens with zero attached hydrogens (tertiary/aromatic N) is 1. The van der Waals surface area contributed by atoms with Gasteiger partial charge in [-0.1, -0.05) is 19.3 Å². The molecule has 0 spiro atoms. The molecule has 204 valence electrons. The quantitative estimate of drug-likeness (QED) is 0.310. The summed E-state index contributed by atoms with van der Waals surface area (Å²) in [6, 6.07) is 0.931. The molecule has 4 saturated carbocycles. The number of carbonyl (C=O) groups excluding carboxylic acids is 1. The molecule has 0 bridgehead atoms. The van der Waals surface area contributed by atoms with Crippen LogP contribution in [0.4, 0.5) is 0 Å². The fraction of sp³-hybridized carbons (Fsp3) is 0.931. The number of rotatable bonds is 7. The average molecular weight is 502 g/mol. The molecule has 1 saturated heterocycles. The number of amides is 1. The van der Waals surface area contributed by atoms with Crippen LogP contribution in [0.5, 0.6) is 0 Å². The Labute approximate surface area is 218 Å². The first-order valence-electron chi connectivity index (χ1n) is 15.3. The highest BCUT2D eigenvalue weighted by Crippen LogP contribution is 2.43. The second kappa shape index (κ2) is 12.1. The topological polar surface area (TPSA) is 117 Å². The lowest BCUT2D eigenvalue weighted by Crippen LogP contribution is -2.52. The number of hydrogen-bond donors (Lipinski definition) is 4. The average Bonchev–Trinajstić information content (AvgIpc) is 3.25. The van der Waals surface area contributed by atoms with Gasteiger partial charge in [-0.05, 0) is 102 Å². The summed E-state index contributed by atoms with van der Waals surface area (Å²) in [6.07, 6.45) is 20.2. The van der Waals surface area contributed by atoms with E-state index in [9.17, 15) is 4.79 Å². The van der Waals surface area contributed by atoms with Crippen molar-refractivity contribution in [3.05, 3.63) is 0 Å². The largest absolute Gasteiger partial charge is 0.387 e. The van der Waals surface area contributed by atoms with E-state index in [1.54, 1.807) is 0 Å². The maximum Gasteiger partial charge on any atom is 0.237 e. The molecule has 4 aliphatic carbocycles. The molecule has 4 unspecified atom stereocenters. The predicted molar refractivity (Wildman–Crippen MR) is 144 cm³/mol. The van der Waals surface area contributed by atoms with E-state index in [4.69, 9.17) is 21.6 Å². The number of fused-ring (bicyclic) bond motifs is 1. The second-order valence-corrected chi connectivity index (χ2v) is 12.9. The Morgan fingerprint density at radius 1 is 0.861 bits per heavy atom. The van der Waals surface area contributed by atoms with Crippen LogP contribution in [-0.4, -0.2) is 59.6 Å². The Balaban J connectivity index is 1.19. The van der Waals surface area contributed by atoms with Gasteiger partial charge in [0.1, 0.15) is 0 Å². The molecule has 4 atom stereocenters. The highest BCUT2D eigenvalue weighted by molar-refractivity contribution is 5.83. The Kier molecular flexibility index (Phi) is 8.90. The number of nitrogens with one attached hydrogen (secondary N) is 2. The number of amidine groups is 1. The van der Waals surface area contributed by atoms with Gasteiger partial charge in [-0.15, -0.1) is 0 Å². The minimum Gasteiger partial charge on any atom is -0.387 e. The summed E-state index contributed by atoms with van der Waals surface area (Å²) >= 11 is 0.